The molecule has 120 valence electrons. The summed E-state index contributed by atoms with van der Waals surface area (Å²) >= 11 is 9.40. The molecule has 6 heteroatoms. The van der Waals surface area contributed by atoms with Crippen LogP contribution in [-0.4, -0.2) is 11.8 Å². The second-order valence-corrected chi connectivity index (χ2v) is 6.34. The van der Waals surface area contributed by atoms with E-state index >= 15 is 0 Å². The lowest BCUT2D eigenvalue weighted by molar-refractivity contribution is -0.117. The fourth-order valence-corrected chi connectivity index (χ4v) is 2.67. The van der Waals surface area contributed by atoms with Crippen LogP contribution < -0.4 is 10.4 Å². The number of benzene rings is 2. The topological polar surface area (TPSA) is 49.4 Å². The molecule has 0 aromatic heterocycles. The van der Waals surface area contributed by atoms with Crippen LogP contribution in [0.15, 0.2) is 70.7 Å². The summed E-state index contributed by atoms with van der Waals surface area (Å²) in [4.78, 5) is 24.4. The van der Waals surface area contributed by atoms with Gasteiger partial charge in [-0.15, -0.1) is 0 Å². The molecule has 2 aromatic carbocycles. The number of carbonyl (C=O) groups excluding carboxylic acids is 2. The van der Waals surface area contributed by atoms with Crippen molar-refractivity contribution in [3.05, 3.63) is 81.3 Å². The van der Waals surface area contributed by atoms with Crippen LogP contribution in [0.5, 0.6) is 0 Å². The van der Waals surface area contributed by atoms with Crippen molar-refractivity contribution in [2.75, 3.05) is 5.01 Å². The van der Waals surface area contributed by atoms with E-state index in [0.29, 0.717) is 10.7 Å². The molecule has 1 aliphatic rings. The maximum atomic E-state index is 12.4. The molecular weight excluding hydrogens is 392 g/mol. The molecule has 1 N–H and O–H groups in total. The van der Waals surface area contributed by atoms with Crippen molar-refractivity contribution in [1.82, 2.24) is 5.43 Å². The van der Waals surface area contributed by atoms with Crippen molar-refractivity contribution in [3.8, 4) is 0 Å². The number of hydrogen-bond acceptors (Lipinski definition) is 2. The Bertz CT molecular complexity index is 860. The van der Waals surface area contributed by atoms with Crippen LogP contribution in [0.4, 0.5) is 5.69 Å². The third-order valence-corrected chi connectivity index (χ3v) is 4.29. The number of carbonyl (C=O) groups is 2. The summed E-state index contributed by atoms with van der Waals surface area (Å²) in [5.41, 5.74) is 4.03. The van der Waals surface area contributed by atoms with Crippen molar-refractivity contribution in [2.45, 2.75) is 0 Å². The minimum absolute atomic E-state index is 0.0706. The molecule has 1 saturated heterocycles. The van der Waals surface area contributed by atoms with Crippen molar-refractivity contribution >= 4 is 51.1 Å². The summed E-state index contributed by atoms with van der Waals surface area (Å²) in [6.45, 7) is 0. The van der Waals surface area contributed by atoms with E-state index in [2.05, 4.69) is 21.4 Å². The predicted octanol–water partition coefficient (Wildman–Crippen LogP) is 4.12. The zero-order valence-corrected chi connectivity index (χ0v) is 14.7. The van der Waals surface area contributed by atoms with Crippen LogP contribution in [0.2, 0.25) is 5.02 Å². The number of halogens is 2. The number of nitrogens with zero attached hydrogens (tertiary/aromatic N) is 1. The number of amides is 2. The Hall–Kier alpha value is -2.37. The molecule has 1 aliphatic heterocycles. The Labute approximate surface area is 152 Å². The summed E-state index contributed by atoms with van der Waals surface area (Å²) in [5, 5.41) is 1.83. The molecule has 0 radical (unpaired) electrons. The fourth-order valence-electron chi connectivity index (χ4n) is 2.21. The quantitative estimate of drug-likeness (QED) is 0.619. The van der Waals surface area contributed by atoms with Gasteiger partial charge in [0.15, 0.2) is 0 Å². The molecule has 0 spiro atoms. The molecule has 0 atom stereocenters. The van der Waals surface area contributed by atoms with E-state index in [1.807, 2.05) is 18.2 Å². The first-order valence-corrected chi connectivity index (χ1v) is 8.27. The highest BCUT2D eigenvalue weighted by Gasteiger charge is 2.33. The lowest BCUT2D eigenvalue weighted by atomic mass is 10.2. The average Bonchev–Trinajstić information content (AvgIpc) is 2.85. The van der Waals surface area contributed by atoms with Gasteiger partial charge in [-0.2, -0.15) is 0 Å². The molecular formula is C18H12BrClN2O2. The number of hydrogen-bond donors (Lipinski definition) is 1. The van der Waals surface area contributed by atoms with Gasteiger partial charge in [0, 0.05) is 9.50 Å². The zero-order valence-electron chi connectivity index (χ0n) is 12.4. The van der Waals surface area contributed by atoms with Gasteiger partial charge in [-0.1, -0.05) is 57.9 Å². The largest absolute Gasteiger partial charge is 0.282 e. The average molecular weight is 404 g/mol. The first-order valence-electron chi connectivity index (χ1n) is 7.10. The summed E-state index contributed by atoms with van der Waals surface area (Å²) in [5.74, 6) is -0.835. The van der Waals surface area contributed by atoms with Crippen LogP contribution in [0.3, 0.4) is 0 Å². The normalized spacial score (nSPS) is 16.2. The highest BCUT2D eigenvalue weighted by Crippen LogP contribution is 2.22. The molecule has 0 bridgehead atoms. The van der Waals surface area contributed by atoms with Crippen LogP contribution in [-0.2, 0) is 9.59 Å². The van der Waals surface area contributed by atoms with E-state index in [0.717, 1.165) is 10.0 Å². The van der Waals surface area contributed by atoms with E-state index in [1.165, 1.54) is 11.1 Å². The van der Waals surface area contributed by atoms with Gasteiger partial charge in [0.1, 0.15) is 5.57 Å². The number of nitrogens with one attached hydrogen (secondary N) is 1. The smallest absolute Gasteiger partial charge is 0.267 e. The van der Waals surface area contributed by atoms with Gasteiger partial charge in [0.05, 0.1) is 5.69 Å². The van der Waals surface area contributed by atoms with Crippen molar-refractivity contribution in [1.29, 1.82) is 0 Å². The maximum Gasteiger partial charge on any atom is 0.282 e. The molecule has 2 amide bonds. The number of allylic oxidation sites excluding steroid dienone is 2. The second-order valence-electron chi connectivity index (χ2n) is 5.02. The highest BCUT2D eigenvalue weighted by atomic mass is 79.9. The zero-order chi connectivity index (χ0) is 17.1. The molecule has 1 fully saturated rings. The van der Waals surface area contributed by atoms with Gasteiger partial charge in [-0.3, -0.25) is 15.0 Å². The number of anilines is 1. The first-order chi connectivity index (χ1) is 11.6. The molecule has 3 rings (SSSR count). The molecule has 0 aliphatic carbocycles. The fraction of sp³-hybridized carbons (Fsp3) is 0. The Balaban J connectivity index is 1.81. The van der Waals surface area contributed by atoms with Gasteiger partial charge in [0.2, 0.25) is 0 Å². The van der Waals surface area contributed by atoms with Crippen LogP contribution in [0.1, 0.15) is 5.56 Å². The van der Waals surface area contributed by atoms with Gasteiger partial charge >= 0.3 is 0 Å². The van der Waals surface area contributed by atoms with Crippen LogP contribution in [0.25, 0.3) is 6.08 Å². The SMILES string of the molecule is O=C1NN(c2ccc(Br)cc2)C(=O)C1=CC=Cc1ccccc1Cl. The monoisotopic (exact) mass is 402 g/mol. The molecule has 2 aromatic rings. The summed E-state index contributed by atoms with van der Waals surface area (Å²) < 4.78 is 0.891. The minimum Gasteiger partial charge on any atom is -0.267 e. The van der Waals surface area contributed by atoms with Crippen LogP contribution in [0, 0.1) is 0 Å². The molecule has 0 saturated carbocycles. The van der Waals surface area contributed by atoms with Gasteiger partial charge < -0.3 is 0 Å². The summed E-state index contributed by atoms with van der Waals surface area (Å²) in [6.07, 6.45) is 4.87. The van der Waals surface area contributed by atoms with Crippen molar-refractivity contribution < 1.29 is 9.59 Å². The van der Waals surface area contributed by atoms with Crippen LogP contribution >= 0.6 is 27.5 Å². The van der Waals surface area contributed by atoms with E-state index in [4.69, 9.17) is 11.6 Å². The minimum atomic E-state index is -0.438. The number of hydrazine groups is 1. The third kappa shape index (κ3) is 3.42. The molecule has 1 heterocycles. The summed E-state index contributed by atoms with van der Waals surface area (Å²) in [7, 11) is 0. The molecule has 4 nitrogen and oxygen atoms in total. The van der Waals surface area contributed by atoms with E-state index < -0.39 is 11.8 Å². The Kier molecular flexibility index (Phi) is 4.83. The Morgan fingerprint density at radius 1 is 1.04 bits per heavy atom. The molecule has 0 unspecified atom stereocenters. The maximum absolute atomic E-state index is 12.4. The number of rotatable bonds is 3. The van der Waals surface area contributed by atoms with Gasteiger partial charge in [-0.25, -0.2) is 5.01 Å². The van der Waals surface area contributed by atoms with Crippen molar-refractivity contribution in [3.63, 3.8) is 0 Å². The Morgan fingerprint density at radius 3 is 2.46 bits per heavy atom. The summed E-state index contributed by atoms with van der Waals surface area (Å²) in [6, 6.07) is 14.4. The second kappa shape index (κ2) is 7.03. The van der Waals surface area contributed by atoms with E-state index in [-0.39, 0.29) is 5.57 Å². The van der Waals surface area contributed by atoms with Crippen molar-refractivity contribution in [2.24, 2.45) is 0 Å². The molecule has 24 heavy (non-hydrogen) atoms. The van der Waals surface area contributed by atoms with Gasteiger partial charge in [-0.05, 0) is 42.0 Å². The lowest BCUT2D eigenvalue weighted by Gasteiger charge is -2.14. The predicted molar refractivity (Wildman–Crippen MR) is 98.3 cm³/mol. The van der Waals surface area contributed by atoms with E-state index in [1.54, 1.807) is 42.5 Å². The first kappa shape index (κ1) is 16.5. The third-order valence-electron chi connectivity index (χ3n) is 3.42. The lowest BCUT2D eigenvalue weighted by Crippen LogP contribution is -2.35. The van der Waals surface area contributed by atoms with E-state index in [9.17, 15) is 9.59 Å². The highest BCUT2D eigenvalue weighted by molar-refractivity contribution is 9.10. The standard InChI is InChI=1S/C18H12BrClN2O2/c19-13-8-10-14(11-9-13)22-18(24)15(17(23)21-22)6-3-5-12-4-1-2-7-16(12)20/h1-11H,(H,21,23). The Morgan fingerprint density at radius 2 is 1.75 bits per heavy atom. The van der Waals surface area contributed by atoms with Gasteiger partial charge in [0.25, 0.3) is 11.8 Å².